The summed E-state index contributed by atoms with van der Waals surface area (Å²) in [6.07, 6.45) is 0. The molecule has 2 aromatic carbocycles. The summed E-state index contributed by atoms with van der Waals surface area (Å²) in [5.74, 6) is 0.874. The highest BCUT2D eigenvalue weighted by Gasteiger charge is 2.36. The molecule has 1 unspecified atom stereocenters. The number of carbonyl (C=O) groups excluding carboxylic acids is 2. The molecule has 0 fully saturated rings. The van der Waals surface area contributed by atoms with Crippen molar-refractivity contribution in [2.45, 2.75) is 13.0 Å². The van der Waals surface area contributed by atoms with E-state index in [0.717, 1.165) is 0 Å². The Hall–Kier alpha value is -3.33. The van der Waals surface area contributed by atoms with Gasteiger partial charge in [-0.3, -0.25) is 9.59 Å². The van der Waals surface area contributed by atoms with Crippen LogP contribution < -0.4 is 10.1 Å². The number of amides is 2. The first-order chi connectivity index (χ1) is 12.1. The van der Waals surface area contributed by atoms with Crippen LogP contribution in [-0.2, 0) is 4.79 Å². The van der Waals surface area contributed by atoms with E-state index in [-0.39, 0.29) is 18.4 Å². The fraction of sp³-hybridized carbons (Fsp3) is 0.211. The normalized spacial score (nSPS) is 15.4. The van der Waals surface area contributed by atoms with Gasteiger partial charge in [0.2, 0.25) is 5.91 Å². The highest BCUT2D eigenvalue weighted by atomic mass is 16.5. The molecule has 126 valence electrons. The number of rotatable bonds is 5. The minimum Gasteiger partial charge on any atom is -0.457 e. The summed E-state index contributed by atoms with van der Waals surface area (Å²) in [6, 6.07) is 15.9. The first kappa shape index (κ1) is 16.5. The van der Waals surface area contributed by atoms with Gasteiger partial charge in [0.1, 0.15) is 17.5 Å². The van der Waals surface area contributed by atoms with Crippen LogP contribution in [-0.4, -0.2) is 29.8 Å². The molecule has 25 heavy (non-hydrogen) atoms. The van der Waals surface area contributed by atoms with Crippen LogP contribution in [0.5, 0.6) is 11.5 Å². The number of carbonyl (C=O) groups is 2. The summed E-state index contributed by atoms with van der Waals surface area (Å²) in [5.41, 5.74) is 1.12. The minimum absolute atomic E-state index is 0.170. The Morgan fingerprint density at radius 3 is 2.68 bits per heavy atom. The highest BCUT2D eigenvalue weighted by molar-refractivity contribution is 6.00. The van der Waals surface area contributed by atoms with E-state index in [2.05, 4.69) is 11.4 Å². The van der Waals surface area contributed by atoms with Gasteiger partial charge in [0.25, 0.3) is 5.91 Å². The molecule has 0 bridgehead atoms. The van der Waals surface area contributed by atoms with E-state index in [0.29, 0.717) is 29.2 Å². The third kappa shape index (κ3) is 3.45. The zero-order valence-corrected chi connectivity index (χ0v) is 13.7. The molecule has 1 heterocycles. The van der Waals surface area contributed by atoms with Gasteiger partial charge in [-0.05, 0) is 30.3 Å². The predicted octanol–water partition coefficient (Wildman–Crippen LogP) is 2.64. The summed E-state index contributed by atoms with van der Waals surface area (Å²) in [4.78, 5) is 25.0. The number of hydrogen-bond donors (Lipinski definition) is 1. The van der Waals surface area contributed by atoms with Crippen LogP contribution in [0.15, 0.2) is 48.5 Å². The molecule has 0 aliphatic carbocycles. The summed E-state index contributed by atoms with van der Waals surface area (Å²) in [5, 5.41) is 12.2. The van der Waals surface area contributed by atoms with E-state index in [1.54, 1.807) is 18.2 Å². The number of nitrogens with one attached hydrogen (secondary N) is 1. The Labute approximate surface area is 145 Å². The maximum atomic E-state index is 12.5. The fourth-order valence-corrected chi connectivity index (χ4v) is 2.81. The van der Waals surface area contributed by atoms with Gasteiger partial charge >= 0.3 is 0 Å². The van der Waals surface area contributed by atoms with E-state index < -0.39 is 6.04 Å². The number of nitrogens with zero attached hydrogens (tertiary/aromatic N) is 2. The lowest BCUT2D eigenvalue weighted by molar-refractivity contribution is -0.119. The largest absolute Gasteiger partial charge is 0.457 e. The molecule has 6 heteroatoms. The van der Waals surface area contributed by atoms with E-state index in [1.165, 1.54) is 11.8 Å². The van der Waals surface area contributed by atoms with Gasteiger partial charge in [-0.25, -0.2) is 0 Å². The first-order valence-electron chi connectivity index (χ1n) is 7.92. The van der Waals surface area contributed by atoms with Crippen molar-refractivity contribution in [3.05, 3.63) is 59.7 Å². The molecule has 0 saturated carbocycles. The maximum absolute atomic E-state index is 12.5. The average molecular weight is 335 g/mol. The number of para-hydroxylation sites is 1. The lowest BCUT2D eigenvalue weighted by Crippen LogP contribution is -2.36. The van der Waals surface area contributed by atoms with Gasteiger partial charge < -0.3 is 15.0 Å². The monoisotopic (exact) mass is 335 g/mol. The maximum Gasteiger partial charge on any atom is 0.255 e. The highest BCUT2D eigenvalue weighted by Crippen LogP contribution is 2.36. The lowest BCUT2D eigenvalue weighted by Gasteiger charge is -2.20. The summed E-state index contributed by atoms with van der Waals surface area (Å²) in [6.45, 7) is 2.00. The standard InChI is InChI=1S/C19H17N3O3/c1-13(23)21-9-10-22-18(12-20)17-11-15(7-8-16(17)19(22)24)25-14-5-3-2-4-6-14/h2-8,11,18H,9-10H2,1H3,(H,21,23). The molecule has 6 nitrogen and oxygen atoms in total. The third-order valence-electron chi connectivity index (χ3n) is 3.95. The molecule has 0 spiro atoms. The molecule has 2 amide bonds. The summed E-state index contributed by atoms with van der Waals surface area (Å²) in [7, 11) is 0. The third-order valence-corrected chi connectivity index (χ3v) is 3.95. The topological polar surface area (TPSA) is 82.4 Å². The van der Waals surface area contributed by atoms with Crippen molar-refractivity contribution in [1.82, 2.24) is 10.2 Å². The van der Waals surface area contributed by atoms with Crippen molar-refractivity contribution < 1.29 is 14.3 Å². The molecule has 2 aromatic rings. The molecule has 3 rings (SSSR count). The Bertz CT molecular complexity index is 843. The molecular formula is C19H17N3O3. The van der Waals surface area contributed by atoms with Crippen molar-refractivity contribution in [3.8, 4) is 17.6 Å². The van der Waals surface area contributed by atoms with E-state index in [1.807, 2.05) is 30.3 Å². The van der Waals surface area contributed by atoms with Crippen LogP contribution in [0.3, 0.4) is 0 Å². The predicted molar refractivity (Wildman–Crippen MR) is 91.0 cm³/mol. The Morgan fingerprint density at radius 2 is 2.00 bits per heavy atom. The number of benzene rings is 2. The van der Waals surface area contributed by atoms with Crippen molar-refractivity contribution >= 4 is 11.8 Å². The number of fused-ring (bicyclic) bond motifs is 1. The molecule has 1 aliphatic rings. The first-order valence-corrected chi connectivity index (χ1v) is 7.92. The summed E-state index contributed by atoms with van der Waals surface area (Å²) < 4.78 is 5.78. The quantitative estimate of drug-likeness (QED) is 0.910. The molecule has 1 N–H and O–H groups in total. The molecule has 1 aliphatic heterocycles. The number of nitriles is 1. The van der Waals surface area contributed by atoms with E-state index in [4.69, 9.17) is 4.74 Å². The summed E-state index contributed by atoms with van der Waals surface area (Å²) >= 11 is 0. The number of ether oxygens (including phenoxy) is 1. The van der Waals surface area contributed by atoms with Crippen molar-refractivity contribution in [1.29, 1.82) is 5.26 Å². The molecule has 0 radical (unpaired) electrons. The van der Waals surface area contributed by atoms with Crippen molar-refractivity contribution in [2.24, 2.45) is 0 Å². The molecule has 1 atom stereocenters. The second-order valence-corrected chi connectivity index (χ2v) is 5.68. The van der Waals surface area contributed by atoms with Crippen molar-refractivity contribution in [2.75, 3.05) is 13.1 Å². The second-order valence-electron chi connectivity index (χ2n) is 5.68. The van der Waals surface area contributed by atoms with Crippen LogP contribution in [0.1, 0.15) is 28.9 Å². The smallest absolute Gasteiger partial charge is 0.255 e. The lowest BCUT2D eigenvalue weighted by atomic mass is 10.1. The van der Waals surface area contributed by atoms with Gasteiger partial charge in [0.05, 0.1) is 6.07 Å². The Balaban J connectivity index is 1.82. The fourth-order valence-electron chi connectivity index (χ4n) is 2.81. The van der Waals surface area contributed by atoms with Crippen LogP contribution in [0.4, 0.5) is 0 Å². The number of hydrogen-bond acceptors (Lipinski definition) is 4. The van der Waals surface area contributed by atoms with Crippen LogP contribution >= 0.6 is 0 Å². The Morgan fingerprint density at radius 1 is 1.24 bits per heavy atom. The zero-order valence-electron chi connectivity index (χ0n) is 13.7. The van der Waals surface area contributed by atoms with Gasteiger partial charge in [-0.1, -0.05) is 18.2 Å². The van der Waals surface area contributed by atoms with Crippen LogP contribution in [0.2, 0.25) is 0 Å². The zero-order chi connectivity index (χ0) is 17.8. The SMILES string of the molecule is CC(=O)NCCN1C(=O)c2ccc(Oc3ccccc3)cc2C1C#N. The second kappa shape index (κ2) is 7.05. The van der Waals surface area contributed by atoms with Crippen LogP contribution in [0.25, 0.3) is 0 Å². The van der Waals surface area contributed by atoms with Gasteiger partial charge in [0.15, 0.2) is 0 Å². The molecule has 0 aromatic heterocycles. The van der Waals surface area contributed by atoms with Crippen LogP contribution in [0, 0.1) is 11.3 Å². The Kier molecular flexibility index (Phi) is 4.66. The molecule has 0 saturated heterocycles. The van der Waals surface area contributed by atoms with Crippen molar-refractivity contribution in [3.63, 3.8) is 0 Å². The van der Waals surface area contributed by atoms with E-state index >= 15 is 0 Å². The minimum atomic E-state index is -0.685. The average Bonchev–Trinajstić information content (AvgIpc) is 2.87. The van der Waals surface area contributed by atoms with Gasteiger partial charge in [-0.2, -0.15) is 5.26 Å². The van der Waals surface area contributed by atoms with E-state index in [9.17, 15) is 14.9 Å². The molecular weight excluding hydrogens is 318 g/mol. The van der Waals surface area contributed by atoms with Gasteiger partial charge in [0, 0.05) is 31.1 Å². The van der Waals surface area contributed by atoms with Gasteiger partial charge in [-0.15, -0.1) is 0 Å².